The van der Waals surface area contributed by atoms with E-state index in [0.29, 0.717) is 0 Å². The van der Waals surface area contributed by atoms with E-state index in [0.717, 1.165) is 21.7 Å². The summed E-state index contributed by atoms with van der Waals surface area (Å²) in [5.41, 5.74) is 1.97. The van der Waals surface area contributed by atoms with Crippen molar-refractivity contribution in [2.75, 3.05) is 12.4 Å². The van der Waals surface area contributed by atoms with Crippen LogP contribution < -0.4 is 10.1 Å². The molecule has 5 heteroatoms. The van der Waals surface area contributed by atoms with Crippen LogP contribution in [0.25, 0.3) is 0 Å². The third kappa shape index (κ3) is 4.78. The van der Waals surface area contributed by atoms with Crippen LogP contribution in [0.1, 0.15) is 12.5 Å². The molecule has 0 spiro atoms. The van der Waals surface area contributed by atoms with Crippen LogP contribution in [-0.4, -0.2) is 18.3 Å². The molecule has 0 aromatic heterocycles. The van der Waals surface area contributed by atoms with Crippen LogP contribution in [-0.2, 0) is 10.5 Å². The lowest BCUT2D eigenvalue weighted by Gasteiger charge is -2.13. The van der Waals surface area contributed by atoms with E-state index in [9.17, 15) is 4.79 Å². The molecule has 0 saturated heterocycles. The minimum Gasteiger partial charge on any atom is -0.497 e. The van der Waals surface area contributed by atoms with Crippen LogP contribution >= 0.6 is 27.7 Å². The third-order valence-corrected chi connectivity index (χ3v) is 5.14. The molecule has 116 valence electrons. The molecular weight excluding hydrogens is 362 g/mol. The van der Waals surface area contributed by atoms with Crippen LogP contribution in [0, 0.1) is 0 Å². The summed E-state index contributed by atoms with van der Waals surface area (Å²) in [6, 6.07) is 15.4. The van der Waals surface area contributed by atoms with E-state index >= 15 is 0 Å². The average Bonchev–Trinajstić information content (AvgIpc) is 2.54. The first kappa shape index (κ1) is 16.9. The SMILES string of the molecule is COc1ccc(NC(=O)C(C)SCc2ccccc2Br)cc1. The van der Waals surface area contributed by atoms with Gasteiger partial charge in [-0.15, -0.1) is 11.8 Å². The minimum absolute atomic E-state index is 0.00206. The maximum absolute atomic E-state index is 12.2. The molecule has 0 aliphatic heterocycles. The Morgan fingerprint density at radius 1 is 1.23 bits per heavy atom. The first-order valence-electron chi connectivity index (χ1n) is 6.90. The van der Waals surface area contributed by atoms with Gasteiger partial charge >= 0.3 is 0 Å². The Hall–Kier alpha value is -1.46. The normalized spacial score (nSPS) is 11.8. The maximum Gasteiger partial charge on any atom is 0.237 e. The molecule has 0 aliphatic carbocycles. The summed E-state index contributed by atoms with van der Waals surface area (Å²) in [4.78, 5) is 12.2. The topological polar surface area (TPSA) is 38.3 Å². The highest BCUT2D eigenvalue weighted by Gasteiger charge is 2.14. The summed E-state index contributed by atoms with van der Waals surface area (Å²) in [6.07, 6.45) is 0. The Morgan fingerprint density at radius 3 is 2.55 bits per heavy atom. The van der Waals surface area contributed by atoms with Crippen molar-refractivity contribution in [1.29, 1.82) is 0 Å². The number of rotatable bonds is 6. The van der Waals surface area contributed by atoms with Crippen LogP contribution in [0.2, 0.25) is 0 Å². The lowest BCUT2D eigenvalue weighted by atomic mass is 10.2. The van der Waals surface area contributed by atoms with E-state index in [-0.39, 0.29) is 11.2 Å². The maximum atomic E-state index is 12.2. The molecule has 0 saturated carbocycles. The zero-order chi connectivity index (χ0) is 15.9. The van der Waals surface area contributed by atoms with E-state index in [1.807, 2.05) is 49.4 Å². The van der Waals surface area contributed by atoms with Gasteiger partial charge in [0.15, 0.2) is 0 Å². The number of amides is 1. The van der Waals surface area contributed by atoms with Crippen molar-refractivity contribution >= 4 is 39.3 Å². The number of carbonyl (C=O) groups excluding carboxylic acids is 1. The summed E-state index contributed by atoms with van der Waals surface area (Å²) in [7, 11) is 1.62. The summed E-state index contributed by atoms with van der Waals surface area (Å²) in [5, 5.41) is 2.79. The quantitative estimate of drug-likeness (QED) is 0.788. The van der Waals surface area contributed by atoms with Crippen molar-refractivity contribution in [3.8, 4) is 5.75 Å². The monoisotopic (exact) mass is 379 g/mol. The molecular formula is C17H18BrNO2S. The molecule has 0 fully saturated rings. The smallest absolute Gasteiger partial charge is 0.237 e. The van der Waals surface area contributed by atoms with Crippen molar-refractivity contribution in [3.05, 3.63) is 58.6 Å². The van der Waals surface area contributed by atoms with Crippen molar-refractivity contribution in [1.82, 2.24) is 0 Å². The molecule has 0 aliphatic rings. The fourth-order valence-electron chi connectivity index (χ4n) is 1.82. The van der Waals surface area contributed by atoms with Gasteiger partial charge in [0.05, 0.1) is 12.4 Å². The highest BCUT2D eigenvalue weighted by Crippen LogP contribution is 2.24. The summed E-state index contributed by atoms with van der Waals surface area (Å²) in [5.74, 6) is 1.56. The van der Waals surface area contributed by atoms with Crippen LogP contribution in [0.3, 0.4) is 0 Å². The van der Waals surface area contributed by atoms with E-state index in [1.54, 1.807) is 18.9 Å². The second-order valence-electron chi connectivity index (χ2n) is 4.76. The number of hydrogen-bond acceptors (Lipinski definition) is 3. The van der Waals surface area contributed by atoms with Gasteiger partial charge in [-0.2, -0.15) is 0 Å². The van der Waals surface area contributed by atoms with Crippen molar-refractivity contribution in [3.63, 3.8) is 0 Å². The van der Waals surface area contributed by atoms with E-state index in [4.69, 9.17) is 4.74 Å². The molecule has 1 unspecified atom stereocenters. The molecule has 2 aromatic carbocycles. The Labute approximate surface area is 143 Å². The average molecular weight is 380 g/mol. The van der Waals surface area contributed by atoms with Gasteiger partial charge in [0, 0.05) is 15.9 Å². The fourth-order valence-corrected chi connectivity index (χ4v) is 3.33. The molecule has 1 N–H and O–H groups in total. The largest absolute Gasteiger partial charge is 0.497 e. The lowest BCUT2D eigenvalue weighted by Crippen LogP contribution is -2.22. The van der Waals surface area contributed by atoms with Crippen molar-refractivity contribution in [2.24, 2.45) is 0 Å². The lowest BCUT2D eigenvalue weighted by molar-refractivity contribution is -0.115. The molecule has 1 atom stereocenters. The van der Waals surface area contributed by atoms with Gasteiger partial charge in [-0.05, 0) is 42.8 Å². The Balaban J connectivity index is 1.87. The Morgan fingerprint density at radius 2 is 1.91 bits per heavy atom. The second kappa shape index (κ2) is 8.25. The van der Waals surface area contributed by atoms with Gasteiger partial charge < -0.3 is 10.1 Å². The van der Waals surface area contributed by atoms with Gasteiger partial charge in [0.1, 0.15) is 5.75 Å². The fraction of sp³-hybridized carbons (Fsp3) is 0.235. The molecule has 0 heterocycles. The molecule has 3 nitrogen and oxygen atoms in total. The highest BCUT2D eigenvalue weighted by molar-refractivity contribution is 9.10. The zero-order valence-corrected chi connectivity index (χ0v) is 14.9. The van der Waals surface area contributed by atoms with Crippen molar-refractivity contribution in [2.45, 2.75) is 17.9 Å². The number of halogens is 1. The number of nitrogens with one attached hydrogen (secondary N) is 1. The number of thioether (sulfide) groups is 1. The summed E-state index contributed by atoms with van der Waals surface area (Å²) < 4.78 is 6.17. The third-order valence-electron chi connectivity index (χ3n) is 3.17. The number of methoxy groups -OCH3 is 1. The molecule has 1 amide bonds. The molecule has 2 rings (SSSR count). The van der Waals surface area contributed by atoms with Gasteiger partial charge in [0.2, 0.25) is 5.91 Å². The van der Waals surface area contributed by atoms with Crippen LogP contribution in [0.15, 0.2) is 53.0 Å². The van der Waals surface area contributed by atoms with Gasteiger partial charge in [-0.25, -0.2) is 0 Å². The molecule has 0 radical (unpaired) electrons. The van der Waals surface area contributed by atoms with E-state index < -0.39 is 0 Å². The van der Waals surface area contributed by atoms with Gasteiger partial charge in [-0.3, -0.25) is 4.79 Å². The number of carbonyl (C=O) groups is 1. The number of benzene rings is 2. The predicted molar refractivity (Wildman–Crippen MR) is 96.5 cm³/mol. The molecule has 0 bridgehead atoms. The predicted octanol–water partition coefficient (Wildman–Crippen LogP) is 4.72. The minimum atomic E-state index is -0.130. The van der Waals surface area contributed by atoms with Gasteiger partial charge in [0.25, 0.3) is 0 Å². The summed E-state index contributed by atoms with van der Waals surface area (Å²) >= 11 is 5.14. The van der Waals surface area contributed by atoms with Gasteiger partial charge in [-0.1, -0.05) is 34.1 Å². The number of hydrogen-bond donors (Lipinski definition) is 1. The first-order valence-corrected chi connectivity index (χ1v) is 8.74. The van der Waals surface area contributed by atoms with E-state index in [1.165, 1.54) is 5.56 Å². The Kier molecular flexibility index (Phi) is 6.34. The number of anilines is 1. The number of ether oxygens (including phenoxy) is 1. The first-order chi connectivity index (χ1) is 10.6. The standard InChI is InChI=1S/C17H18BrNO2S/c1-12(22-11-13-5-3-4-6-16(13)18)17(20)19-14-7-9-15(21-2)10-8-14/h3-10,12H,11H2,1-2H3,(H,19,20). The zero-order valence-electron chi connectivity index (χ0n) is 12.5. The molecule has 22 heavy (non-hydrogen) atoms. The van der Waals surface area contributed by atoms with Crippen molar-refractivity contribution < 1.29 is 9.53 Å². The Bertz CT molecular complexity index is 631. The summed E-state index contributed by atoms with van der Waals surface area (Å²) in [6.45, 7) is 1.92. The highest BCUT2D eigenvalue weighted by atomic mass is 79.9. The van der Waals surface area contributed by atoms with E-state index in [2.05, 4.69) is 27.3 Å². The second-order valence-corrected chi connectivity index (χ2v) is 6.95. The van der Waals surface area contributed by atoms with Crippen LogP contribution in [0.5, 0.6) is 5.75 Å². The molecule has 2 aromatic rings. The van der Waals surface area contributed by atoms with Crippen LogP contribution in [0.4, 0.5) is 5.69 Å².